The predicted molar refractivity (Wildman–Crippen MR) is 77.3 cm³/mol. The Morgan fingerprint density at radius 1 is 1.40 bits per heavy atom. The van der Waals surface area contributed by atoms with Gasteiger partial charge in [-0.3, -0.25) is 4.79 Å². The standard InChI is InChI=1S/C14H19FN2O2.ClH/c15-13-3-1-2-11(9-13)8-12(10-16)14(18)17-4-6-19-7-5-17;/h1-3,9,12H,4-8,10,16H2;1H. The second-order valence-electron chi connectivity index (χ2n) is 4.70. The van der Waals surface area contributed by atoms with Crippen LogP contribution in [0.4, 0.5) is 4.39 Å². The summed E-state index contributed by atoms with van der Waals surface area (Å²) in [6.07, 6.45) is 0.477. The fourth-order valence-electron chi connectivity index (χ4n) is 2.26. The Kier molecular flexibility index (Phi) is 6.91. The Balaban J connectivity index is 0.00000200. The van der Waals surface area contributed by atoms with Gasteiger partial charge in [0.25, 0.3) is 0 Å². The second kappa shape index (κ2) is 8.19. The average Bonchev–Trinajstić information content (AvgIpc) is 2.45. The van der Waals surface area contributed by atoms with Crippen molar-refractivity contribution in [3.05, 3.63) is 35.6 Å². The number of hydrogen-bond donors (Lipinski definition) is 1. The first-order valence-electron chi connectivity index (χ1n) is 6.51. The zero-order chi connectivity index (χ0) is 13.7. The van der Waals surface area contributed by atoms with Crippen LogP contribution in [-0.4, -0.2) is 43.7 Å². The van der Waals surface area contributed by atoms with Crippen molar-refractivity contribution in [3.63, 3.8) is 0 Å². The molecule has 112 valence electrons. The lowest BCUT2D eigenvalue weighted by molar-refractivity contribution is -0.139. The Labute approximate surface area is 124 Å². The first-order chi connectivity index (χ1) is 9.20. The van der Waals surface area contributed by atoms with Crippen LogP contribution in [0.5, 0.6) is 0 Å². The van der Waals surface area contributed by atoms with Gasteiger partial charge in [0, 0.05) is 19.6 Å². The molecule has 0 aromatic heterocycles. The van der Waals surface area contributed by atoms with Crippen LogP contribution in [0, 0.1) is 11.7 Å². The molecule has 6 heteroatoms. The predicted octanol–water partition coefficient (Wildman–Crippen LogP) is 1.22. The Morgan fingerprint density at radius 3 is 2.70 bits per heavy atom. The summed E-state index contributed by atoms with van der Waals surface area (Å²) in [5.74, 6) is -0.540. The molecule has 0 radical (unpaired) electrons. The molecule has 0 spiro atoms. The topological polar surface area (TPSA) is 55.6 Å². The van der Waals surface area contributed by atoms with Gasteiger partial charge in [0.05, 0.1) is 19.1 Å². The number of hydrogen-bond acceptors (Lipinski definition) is 3. The van der Waals surface area contributed by atoms with E-state index in [-0.39, 0.29) is 36.6 Å². The number of morpholine rings is 1. The molecule has 2 rings (SSSR count). The first-order valence-corrected chi connectivity index (χ1v) is 6.51. The van der Waals surface area contributed by atoms with E-state index in [0.717, 1.165) is 5.56 Å². The molecule has 1 amide bonds. The van der Waals surface area contributed by atoms with Crippen LogP contribution in [0.25, 0.3) is 0 Å². The molecule has 1 fully saturated rings. The summed E-state index contributed by atoms with van der Waals surface area (Å²) in [6.45, 7) is 2.63. The molecule has 1 aromatic carbocycles. The summed E-state index contributed by atoms with van der Waals surface area (Å²) in [5, 5.41) is 0. The van der Waals surface area contributed by atoms with Crippen molar-refractivity contribution in [1.29, 1.82) is 0 Å². The highest BCUT2D eigenvalue weighted by molar-refractivity contribution is 5.85. The van der Waals surface area contributed by atoms with Gasteiger partial charge in [-0.1, -0.05) is 12.1 Å². The van der Waals surface area contributed by atoms with Crippen molar-refractivity contribution in [2.24, 2.45) is 11.7 Å². The number of carbonyl (C=O) groups is 1. The molecule has 0 saturated carbocycles. The van der Waals surface area contributed by atoms with E-state index in [1.54, 1.807) is 11.0 Å². The van der Waals surface area contributed by atoms with E-state index in [0.29, 0.717) is 32.7 Å². The van der Waals surface area contributed by atoms with Crippen molar-refractivity contribution in [3.8, 4) is 0 Å². The van der Waals surface area contributed by atoms with Gasteiger partial charge >= 0.3 is 0 Å². The number of halogens is 2. The van der Waals surface area contributed by atoms with Crippen molar-refractivity contribution < 1.29 is 13.9 Å². The van der Waals surface area contributed by atoms with E-state index in [4.69, 9.17) is 10.5 Å². The zero-order valence-electron chi connectivity index (χ0n) is 11.3. The third-order valence-corrected chi connectivity index (χ3v) is 3.33. The Bertz CT molecular complexity index is 439. The SMILES string of the molecule is Cl.NCC(Cc1cccc(F)c1)C(=O)N1CCOCC1. The molecule has 1 aliphatic heterocycles. The summed E-state index contributed by atoms with van der Waals surface area (Å²) < 4.78 is 18.4. The molecule has 20 heavy (non-hydrogen) atoms. The monoisotopic (exact) mass is 302 g/mol. The van der Waals surface area contributed by atoms with Crippen LogP contribution >= 0.6 is 12.4 Å². The molecular formula is C14H20ClFN2O2. The molecule has 1 atom stereocenters. The van der Waals surface area contributed by atoms with Gasteiger partial charge in [0.1, 0.15) is 5.82 Å². The fraction of sp³-hybridized carbons (Fsp3) is 0.500. The summed E-state index contributed by atoms with van der Waals surface area (Å²) >= 11 is 0. The third-order valence-electron chi connectivity index (χ3n) is 3.33. The van der Waals surface area contributed by atoms with Crippen molar-refractivity contribution in [1.82, 2.24) is 4.90 Å². The quantitative estimate of drug-likeness (QED) is 0.910. The number of nitrogens with two attached hydrogens (primary N) is 1. The van der Waals surface area contributed by atoms with Gasteiger partial charge in [-0.15, -0.1) is 12.4 Å². The minimum Gasteiger partial charge on any atom is -0.378 e. The van der Waals surface area contributed by atoms with E-state index < -0.39 is 0 Å². The summed E-state index contributed by atoms with van der Waals surface area (Å²) in [4.78, 5) is 14.1. The number of ether oxygens (including phenoxy) is 1. The Hall–Kier alpha value is -1.17. The van der Waals surface area contributed by atoms with Crippen LogP contribution in [0.2, 0.25) is 0 Å². The molecule has 0 bridgehead atoms. The third kappa shape index (κ3) is 4.44. The van der Waals surface area contributed by atoms with Gasteiger partial charge in [-0.05, 0) is 24.1 Å². The van der Waals surface area contributed by atoms with Crippen LogP contribution in [0.1, 0.15) is 5.56 Å². The average molecular weight is 303 g/mol. The van der Waals surface area contributed by atoms with Crippen LogP contribution in [0.3, 0.4) is 0 Å². The van der Waals surface area contributed by atoms with E-state index in [1.807, 2.05) is 6.07 Å². The van der Waals surface area contributed by atoms with Crippen molar-refractivity contribution in [2.45, 2.75) is 6.42 Å². The molecule has 0 aliphatic carbocycles. The van der Waals surface area contributed by atoms with Crippen molar-refractivity contribution in [2.75, 3.05) is 32.8 Å². The molecule has 1 aliphatic rings. The van der Waals surface area contributed by atoms with Gasteiger partial charge in [0.2, 0.25) is 5.91 Å². The largest absolute Gasteiger partial charge is 0.378 e. The number of benzene rings is 1. The van der Waals surface area contributed by atoms with Crippen LogP contribution < -0.4 is 5.73 Å². The maximum Gasteiger partial charge on any atom is 0.227 e. The van der Waals surface area contributed by atoms with Crippen molar-refractivity contribution >= 4 is 18.3 Å². The van der Waals surface area contributed by atoms with Crippen LogP contribution in [0.15, 0.2) is 24.3 Å². The zero-order valence-corrected chi connectivity index (χ0v) is 12.1. The number of rotatable bonds is 4. The molecule has 1 unspecified atom stereocenters. The lowest BCUT2D eigenvalue weighted by Gasteiger charge is -2.30. The maximum atomic E-state index is 13.1. The summed E-state index contributed by atoms with van der Waals surface area (Å²) in [6, 6.07) is 6.32. The highest BCUT2D eigenvalue weighted by Gasteiger charge is 2.24. The van der Waals surface area contributed by atoms with E-state index in [9.17, 15) is 9.18 Å². The smallest absolute Gasteiger partial charge is 0.227 e. The number of nitrogens with zero attached hydrogens (tertiary/aromatic N) is 1. The molecule has 4 nitrogen and oxygen atoms in total. The fourth-order valence-corrected chi connectivity index (χ4v) is 2.26. The minimum absolute atomic E-state index is 0. The summed E-state index contributed by atoms with van der Waals surface area (Å²) in [5.41, 5.74) is 6.50. The highest BCUT2D eigenvalue weighted by Crippen LogP contribution is 2.13. The normalized spacial score (nSPS) is 16.4. The molecule has 1 saturated heterocycles. The summed E-state index contributed by atoms with van der Waals surface area (Å²) in [7, 11) is 0. The van der Waals surface area contributed by atoms with E-state index in [2.05, 4.69) is 0 Å². The van der Waals surface area contributed by atoms with Gasteiger partial charge in [-0.25, -0.2) is 4.39 Å². The molecular weight excluding hydrogens is 283 g/mol. The second-order valence-corrected chi connectivity index (χ2v) is 4.70. The van der Waals surface area contributed by atoms with Crippen LogP contribution in [-0.2, 0) is 16.0 Å². The lowest BCUT2D eigenvalue weighted by atomic mass is 9.97. The highest BCUT2D eigenvalue weighted by atomic mass is 35.5. The number of amides is 1. The first kappa shape index (κ1) is 16.9. The Morgan fingerprint density at radius 2 is 2.10 bits per heavy atom. The number of carbonyl (C=O) groups excluding carboxylic acids is 1. The maximum absolute atomic E-state index is 13.1. The van der Waals surface area contributed by atoms with Gasteiger partial charge < -0.3 is 15.4 Å². The molecule has 1 aromatic rings. The minimum atomic E-state index is -0.292. The van der Waals surface area contributed by atoms with Gasteiger partial charge in [0.15, 0.2) is 0 Å². The van der Waals surface area contributed by atoms with E-state index >= 15 is 0 Å². The lowest BCUT2D eigenvalue weighted by Crippen LogP contribution is -2.45. The molecule has 2 N–H and O–H groups in total. The molecule has 1 heterocycles. The van der Waals surface area contributed by atoms with Gasteiger partial charge in [-0.2, -0.15) is 0 Å². The van der Waals surface area contributed by atoms with E-state index in [1.165, 1.54) is 12.1 Å².